The third-order valence-electron chi connectivity index (χ3n) is 9.85. The minimum atomic E-state index is 0.0491. The minimum Gasteiger partial charge on any atom is -0.441 e. The Morgan fingerprint density at radius 2 is 0.983 bits per heavy atom. The fourth-order valence-electron chi connectivity index (χ4n) is 6.57. The number of nitrogens with two attached hydrogens (primary N) is 3. The van der Waals surface area contributed by atoms with E-state index in [-0.39, 0.29) is 18.1 Å². The summed E-state index contributed by atoms with van der Waals surface area (Å²) in [5, 5.41) is 13.8. The maximum Gasteiger partial charge on any atom is 0.194 e. The van der Waals surface area contributed by atoms with Gasteiger partial charge in [-0.25, -0.2) is 0 Å². The molecule has 0 saturated heterocycles. The highest BCUT2D eigenvalue weighted by Gasteiger charge is 2.08. The summed E-state index contributed by atoms with van der Waals surface area (Å²) >= 11 is 1.79. The zero-order valence-corrected chi connectivity index (χ0v) is 34.1. The first-order chi connectivity index (χ1) is 28.4. The van der Waals surface area contributed by atoms with Crippen LogP contribution >= 0.6 is 11.3 Å². The van der Waals surface area contributed by atoms with Crippen molar-refractivity contribution in [3.63, 3.8) is 0 Å². The Kier molecular flexibility index (Phi) is 15.9. The summed E-state index contributed by atoms with van der Waals surface area (Å²) in [4.78, 5) is 0. The molecule has 58 heavy (non-hydrogen) atoms. The second kappa shape index (κ2) is 22.1. The summed E-state index contributed by atoms with van der Waals surface area (Å²) in [6, 6.07) is 60.0. The van der Waals surface area contributed by atoms with E-state index in [0.29, 0.717) is 0 Å². The fraction of sp³-hybridized carbons (Fsp3) is 0.200. The normalized spacial score (nSPS) is 12.3. The Balaban J connectivity index is 0.000000147. The van der Waals surface area contributed by atoms with Crippen LogP contribution in [0.1, 0.15) is 59.6 Å². The van der Waals surface area contributed by atoms with Gasteiger partial charge in [0.2, 0.25) is 0 Å². The van der Waals surface area contributed by atoms with E-state index in [9.17, 15) is 0 Å². The maximum atomic E-state index is 6.20. The predicted molar refractivity (Wildman–Crippen MR) is 249 cm³/mol. The number of thiophene rings is 1. The van der Waals surface area contributed by atoms with Crippen LogP contribution < -0.4 is 33.2 Å². The lowest BCUT2D eigenvalue weighted by atomic mass is 10.1. The summed E-state index contributed by atoms with van der Waals surface area (Å²) < 4.78 is 7.03. The number of benzene rings is 6. The van der Waals surface area contributed by atoms with Gasteiger partial charge in [-0.1, -0.05) is 140 Å². The number of para-hydroxylation sites is 1. The van der Waals surface area contributed by atoms with Gasteiger partial charge in [0.1, 0.15) is 5.58 Å². The molecule has 0 spiro atoms. The summed E-state index contributed by atoms with van der Waals surface area (Å²) in [5.74, 6) is 0.798. The average molecular weight is 789 g/mol. The highest BCUT2D eigenvalue weighted by molar-refractivity contribution is 7.22. The molecule has 2 heterocycles. The summed E-state index contributed by atoms with van der Waals surface area (Å²) in [5.41, 5.74) is 25.4. The molecule has 0 radical (unpaired) electrons. The number of furan rings is 1. The van der Waals surface area contributed by atoms with Crippen molar-refractivity contribution in [2.45, 2.75) is 44.3 Å². The highest BCUT2D eigenvalue weighted by Crippen LogP contribution is 2.29. The second-order valence-electron chi connectivity index (χ2n) is 14.4. The van der Waals surface area contributed by atoms with Crippen LogP contribution in [0.15, 0.2) is 180 Å². The van der Waals surface area contributed by atoms with Gasteiger partial charge in [-0.3, -0.25) is 0 Å². The third kappa shape index (κ3) is 13.1. The Bertz CT molecular complexity index is 2180. The van der Waals surface area contributed by atoms with Gasteiger partial charge in [-0.15, -0.1) is 11.3 Å². The van der Waals surface area contributed by atoms with Gasteiger partial charge in [-0.2, -0.15) is 0 Å². The van der Waals surface area contributed by atoms with Gasteiger partial charge in [0.25, 0.3) is 0 Å². The van der Waals surface area contributed by atoms with Gasteiger partial charge in [0, 0.05) is 59.6 Å². The Labute approximate surface area is 347 Å². The molecule has 8 rings (SSSR count). The lowest BCUT2D eigenvalue weighted by Crippen LogP contribution is -2.15. The van der Waals surface area contributed by atoms with Gasteiger partial charge >= 0.3 is 0 Å². The van der Waals surface area contributed by atoms with E-state index in [1.54, 1.807) is 11.3 Å². The molecule has 0 aliphatic rings. The molecule has 6 aromatic carbocycles. The van der Waals surface area contributed by atoms with Crippen LogP contribution in [0.5, 0.6) is 0 Å². The van der Waals surface area contributed by atoms with Gasteiger partial charge in [0.15, 0.2) is 5.88 Å². The third-order valence-corrected chi connectivity index (χ3v) is 10.9. The minimum absolute atomic E-state index is 0.0491. The number of fused-ring (bicyclic) bond motifs is 2. The van der Waals surface area contributed by atoms with Crippen molar-refractivity contribution in [1.82, 2.24) is 0 Å². The number of hydrogen-bond acceptors (Lipinski definition) is 8. The van der Waals surface area contributed by atoms with E-state index in [0.717, 1.165) is 61.4 Å². The largest absolute Gasteiger partial charge is 0.441 e. The molecule has 8 aromatic rings. The number of rotatable bonds is 15. The molecule has 298 valence electrons. The van der Waals surface area contributed by atoms with Gasteiger partial charge in [0.05, 0.1) is 5.00 Å². The van der Waals surface area contributed by atoms with E-state index < -0.39 is 0 Å². The van der Waals surface area contributed by atoms with Crippen molar-refractivity contribution in [2.75, 3.05) is 35.6 Å². The first-order valence-electron chi connectivity index (χ1n) is 20.1. The molecule has 3 unspecified atom stereocenters. The maximum absolute atomic E-state index is 6.20. The fourth-order valence-corrected chi connectivity index (χ4v) is 7.56. The highest BCUT2D eigenvalue weighted by atomic mass is 32.1. The molecule has 8 heteroatoms. The van der Waals surface area contributed by atoms with Crippen LogP contribution in [0.25, 0.3) is 21.1 Å². The number of anilines is 3. The van der Waals surface area contributed by atoms with Crippen molar-refractivity contribution in [3.05, 3.63) is 198 Å². The van der Waals surface area contributed by atoms with Crippen LogP contribution in [0.2, 0.25) is 0 Å². The lowest BCUT2D eigenvalue weighted by molar-refractivity contribution is 0.612. The molecule has 2 aromatic heterocycles. The SMILES string of the molecule is Cc1cccc(NCCC(N)c2ccccc2)c1.NC(CCNc1cc2ccccc2o1)c1ccccc1.NC(CCNc1cc2ccccc2s1)c1ccccc1. The van der Waals surface area contributed by atoms with E-state index in [1.807, 2.05) is 84.9 Å². The predicted octanol–water partition coefficient (Wildman–Crippen LogP) is 11.8. The average Bonchev–Trinajstić information content (AvgIpc) is 3.89. The molecule has 0 fully saturated rings. The van der Waals surface area contributed by atoms with E-state index in [1.165, 1.54) is 37.3 Å². The number of hydrogen-bond donors (Lipinski definition) is 6. The van der Waals surface area contributed by atoms with Gasteiger partial charge in [-0.05, 0) is 84.2 Å². The van der Waals surface area contributed by atoms with Crippen molar-refractivity contribution in [1.29, 1.82) is 0 Å². The quantitative estimate of drug-likeness (QED) is 0.0610. The smallest absolute Gasteiger partial charge is 0.194 e. The first kappa shape index (κ1) is 41.7. The lowest BCUT2D eigenvalue weighted by Gasteiger charge is -2.13. The molecule has 3 atom stereocenters. The Morgan fingerprint density at radius 1 is 0.483 bits per heavy atom. The van der Waals surface area contributed by atoms with E-state index in [4.69, 9.17) is 21.6 Å². The summed E-state index contributed by atoms with van der Waals surface area (Å²) in [7, 11) is 0. The standard InChI is InChI=1S/C17H18N2O.C17H18N2S.C16H20N2/c2*18-15(13-6-2-1-3-7-13)10-11-19-17-12-14-8-4-5-9-16(14)20-17;1-13-6-5-9-15(12-13)18-11-10-16(17)14-7-3-2-4-8-14/h2*1-9,12,15,19H,10-11,18H2;2-9,12,16,18H,10-11,17H2,1H3. The molecule has 7 nitrogen and oxygen atoms in total. The molecule has 0 amide bonds. The zero-order valence-electron chi connectivity index (χ0n) is 33.3. The molecular formula is C50H56N6OS. The zero-order chi connectivity index (χ0) is 40.4. The molecule has 9 N–H and O–H groups in total. The number of nitrogens with one attached hydrogen (secondary N) is 3. The van der Waals surface area contributed by atoms with Crippen LogP contribution in [-0.4, -0.2) is 19.6 Å². The number of aryl methyl sites for hydroxylation is 1. The van der Waals surface area contributed by atoms with Crippen molar-refractivity contribution >= 4 is 49.0 Å². The first-order valence-corrected chi connectivity index (χ1v) is 20.9. The van der Waals surface area contributed by atoms with Crippen molar-refractivity contribution < 1.29 is 4.42 Å². The van der Waals surface area contributed by atoms with E-state index in [2.05, 4.69) is 114 Å². The second-order valence-corrected chi connectivity index (χ2v) is 15.4. The summed E-state index contributed by atoms with van der Waals surface area (Å²) in [6.45, 7) is 4.67. The molecule has 0 aliphatic carbocycles. The monoisotopic (exact) mass is 788 g/mol. The van der Waals surface area contributed by atoms with Crippen LogP contribution in [0.3, 0.4) is 0 Å². The topological polar surface area (TPSA) is 127 Å². The van der Waals surface area contributed by atoms with Crippen LogP contribution in [-0.2, 0) is 0 Å². The van der Waals surface area contributed by atoms with Crippen LogP contribution in [0, 0.1) is 6.92 Å². The Hall–Kier alpha value is -5.90. The Morgan fingerprint density at radius 3 is 1.53 bits per heavy atom. The molecular weight excluding hydrogens is 733 g/mol. The summed E-state index contributed by atoms with van der Waals surface area (Å²) in [6.07, 6.45) is 2.72. The molecule has 0 bridgehead atoms. The van der Waals surface area contributed by atoms with Crippen molar-refractivity contribution in [3.8, 4) is 0 Å². The molecule has 0 saturated carbocycles. The van der Waals surface area contributed by atoms with Crippen molar-refractivity contribution in [2.24, 2.45) is 17.2 Å². The molecule has 0 aliphatic heterocycles. The van der Waals surface area contributed by atoms with Gasteiger partial charge < -0.3 is 37.6 Å². The van der Waals surface area contributed by atoms with Crippen LogP contribution in [0.4, 0.5) is 16.6 Å². The van der Waals surface area contributed by atoms with E-state index >= 15 is 0 Å².